The first-order valence-electron chi connectivity index (χ1n) is 7.78. The summed E-state index contributed by atoms with van der Waals surface area (Å²) in [5.74, 6) is 1.19. The highest BCUT2D eigenvalue weighted by Crippen LogP contribution is 2.34. The molecular formula is C18H18Cl2N2O3. The number of fused-ring (bicyclic) bond motifs is 1. The van der Waals surface area contributed by atoms with E-state index in [0.29, 0.717) is 33.8 Å². The molecule has 1 atom stereocenters. The van der Waals surface area contributed by atoms with Crippen LogP contribution in [0.25, 0.3) is 0 Å². The van der Waals surface area contributed by atoms with Crippen molar-refractivity contribution in [2.45, 2.75) is 19.5 Å². The number of hydrogen-bond acceptors (Lipinski definition) is 4. The summed E-state index contributed by atoms with van der Waals surface area (Å²) >= 11 is 12.1. The number of ether oxygens (including phenoxy) is 2. The summed E-state index contributed by atoms with van der Waals surface area (Å²) in [7, 11) is 1.87. The Balaban J connectivity index is 1.63. The van der Waals surface area contributed by atoms with Crippen LogP contribution in [0.5, 0.6) is 11.5 Å². The second-order valence-corrected chi connectivity index (χ2v) is 6.73. The van der Waals surface area contributed by atoms with Crippen LogP contribution in [0.1, 0.15) is 12.5 Å². The molecule has 2 aromatic rings. The van der Waals surface area contributed by atoms with Crippen LogP contribution in [0.15, 0.2) is 36.4 Å². The number of hydrogen-bond donors (Lipinski definition) is 1. The SMILES string of the molecule is C[C@H](C(=O)Nc1ccc2c(c1)OCO2)N(C)Cc1ccc(Cl)cc1Cl. The van der Waals surface area contributed by atoms with E-state index in [1.165, 1.54) is 0 Å². The van der Waals surface area contributed by atoms with E-state index in [4.69, 9.17) is 32.7 Å². The van der Waals surface area contributed by atoms with Crippen molar-refractivity contribution in [1.29, 1.82) is 0 Å². The van der Waals surface area contributed by atoms with Crippen LogP contribution in [0.4, 0.5) is 5.69 Å². The van der Waals surface area contributed by atoms with Gasteiger partial charge in [-0.15, -0.1) is 0 Å². The summed E-state index contributed by atoms with van der Waals surface area (Å²) in [6.45, 7) is 2.57. The third-order valence-electron chi connectivity index (χ3n) is 4.12. The van der Waals surface area contributed by atoms with Crippen LogP contribution in [0.3, 0.4) is 0 Å². The number of carbonyl (C=O) groups is 1. The first kappa shape index (κ1) is 17.9. The van der Waals surface area contributed by atoms with Gasteiger partial charge in [0.05, 0.1) is 6.04 Å². The molecule has 5 nitrogen and oxygen atoms in total. The van der Waals surface area contributed by atoms with Gasteiger partial charge in [-0.1, -0.05) is 29.3 Å². The summed E-state index contributed by atoms with van der Waals surface area (Å²) < 4.78 is 10.6. The third-order valence-corrected chi connectivity index (χ3v) is 4.70. The zero-order chi connectivity index (χ0) is 18.0. The highest BCUT2D eigenvalue weighted by Gasteiger charge is 2.20. The normalized spacial score (nSPS) is 13.8. The number of rotatable bonds is 5. The van der Waals surface area contributed by atoms with E-state index in [9.17, 15) is 4.79 Å². The minimum absolute atomic E-state index is 0.119. The Morgan fingerprint density at radius 1 is 1.20 bits per heavy atom. The fraction of sp³-hybridized carbons (Fsp3) is 0.278. The van der Waals surface area contributed by atoms with Gasteiger partial charge in [-0.25, -0.2) is 0 Å². The second-order valence-electron chi connectivity index (χ2n) is 5.88. The maximum Gasteiger partial charge on any atom is 0.241 e. The molecule has 25 heavy (non-hydrogen) atoms. The summed E-state index contributed by atoms with van der Waals surface area (Å²) in [5.41, 5.74) is 1.58. The summed E-state index contributed by atoms with van der Waals surface area (Å²) in [6.07, 6.45) is 0. The van der Waals surface area contributed by atoms with Crippen LogP contribution < -0.4 is 14.8 Å². The predicted octanol–water partition coefficient (Wildman–Crippen LogP) is 4.18. The molecule has 1 aliphatic heterocycles. The molecule has 0 aromatic heterocycles. The fourth-order valence-electron chi connectivity index (χ4n) is 2.48. The number of halogens is 2. The van der Waals surface area contributed by atoms with Crippen molar-refractivity contribution in [1.82, 2.24) is 4.90 Å². The Morgan fingerprint density at radius 2 is 1.96 bits per heavy atom. The average molecular weight is 381 g/mol. The molecule has 0 aliphatic carbocycles. The molecule has 0 spiro atoms. The van der Waals surface area contributed by atoms with E-state index in [0.717, 1.165) is 5.56 Å². The van der Waals surface area contributed by atoms with Crippen LogP contribution >= 0.6 is 23.2 Å². The van der Waals surface area contributed by atoms with Gasteiger partial charge < -0.3 is 14.8 Å². The first-order chi connectivity index (χ1) is 11.9. The van der Waals surface area contributed by atoms with Crippen molar-refractivity contribution in [3.05, 3.63) is 52.0 Å². The standard InChI is InChI=1S/C18H18Cl2N2O3/c1-11(22(2)9-12-3-4-13(19)7-15(12)20)18(23)21-14-5-6-16-17(8-14)25-10-24-16/h3-8,11H,9-10H2,1-2H3,(H,21,23)/t11-/m1/s1. The molecular weight excluding hydrogens is 363 g/mol. The number of nitrogens with one attached hydrogen (secondary N) is 1. The molecule has 0 saturated heterocycles. The van der Waals surface area contributed by atoms with Crippen LogP contribution in [0.2, 0.25) is 10.0 Å². The number of anilines is 1. The Labute approximate surface area is 156 Å². The lowest BCUT2D eigenvalue weighted by Gasteiger charge is -2.24. The number of amides is 1. The number of likely N-dealkylation sites (N-methyl/N-ethyl adjacent to an activating group) is 1. The largest absolute Gasteiger partial charge is 0.454 e. The lowest BCUT2D eigenvalue weighted by molar-refractivity contribution is -0.120. The summed E-state index contributed by atoms with van der Waals surface area (Å²) in [4.78, 5) is 14.4. The molecule has 1 aliphatic rings. The Morgan fingerprint density at radius 3 is 2.72 bits per heavy atom. The quantitative estimate of drug-likeness (QED) is 0.844. The lowest BCUT2D eigenvalue weighted by atomic mass is 10.2. The number of benzene rings is 2. The molecule has 1 amide bonds. The Kier molecular flexibility index (Phi) is 5.37. The molecule has 3 rings (SSSR count). The highest BCUT2D eigenvalue weighted by molar-refractivity contribution is 6.35. The van der Waals surface area contributed by atoms with E-state index < -0.39 is 0 Å². The van der Waals surface area contributed by atoms with Gasteiger partial charge in [-0.05, 0) is 43.8 Å². The maximum atomic E-state index is 12.5. The third kappa shape index (κ3) is 4.18. The van der Waals surface area contributed by atoms with Crippen molar-refractivity contribution in [3.8, 4) is 11.5 Å². The number of nitrogens with zero attached hydrogens (tertiary/aromatic N) is 1. The van der Waals surface area contributed by atoms with Gasteiger partial charge in [0.15, 0.2) is 11.5 Å². The molecule has 0 bridgehead atoms. The van der Waals surface area contributed by atoms with Gasteiger partial charge in [-0.2, -0.15) is 0 Å². The van der Waals surface area contributed by atoms with Crippen LogP contribution in [-0.4, -0.2) is 30.7 Å². The van der Waals surface area contributed by atoms with Crippen molar-refractivity contribution in [3.63, 3.8) is 0 Å². The fourth-order valence-corrected chi connectivity index (χ4v) is 2.94. The molecule has 7 heteroatoms. The van der Waals surface area contributed by atoms with Gasteiger partial charge in [0, 0.05) is 28.3 Å². The van der Waals surface area contributed by atoms with Crippen LogP contribution in [0, 0.1) is 0 Å². The molecule has 1 N–H and O–H groups in total. The zero-order valence-corrected chi connectivity index (χ0v) is 15.4. The van der Waals surface area contributed by atoms with Crippen LogP contribution in [-0.2, 0) is 11.3 Å². The zero-order valence-electron chi connectivity index (χ0n) is 13.9. The molecule has 0 unspecified atom stereocenters. The minimum atomic E-state index is -0.350. The minimum Gasteiger partial charge on any atom is -0.454 e. The molecule has 2 aromatic carbocycles. The van der Waals surface area contributed by atoms with E-state index in [1.54, 1.807) is 30.3 Å². The highest BCUT2D eigenvalue weighted by atomic mass is 35.5. The second kappa shape index (κ2) is 7.52. The Hall–Kier alpha value is -1.95. The summed E-state index contributed by atoms with van der Waals surface area (Å²) in [6, 6.07) is 10.3. The van der Waals surface area contributed by atoms with Gasteiger partial charge in [0.1, 0.15) is 0 Å². The van der Waals surface area contributed by atoms with E-state index >= 15 is 0 Å². The van der Waals surface area contributed by atoms with Gasteiger partial charge in [0.25, 0.3) is 0 Å². The van der Waals surface area contributed by atoms with Crippen molar-refractivity contribution >= 4 is 34.8 Å². The molecule has 0 saturated carbocycles. The lowest BCUT2D eigenvalue weighted by Crippen LogP contribution is -2.39. The van der Waals surface area contributed by atoms with E-state index in [1.807, 2.05) is 24.9 Å². The molecule has 0 radical (unpaired) electrons. The molecule has 1 heterocycles. The number of carbonyl (C=O) groups excluding carboxylic acids is 1. The first-order valence-corrected chi connectivity index (χ1v) is 8.54. The van der Waals surface area contributed by atoms with Crippen molar-refractivity contribution in [2.75, 3.05) is 19.2 Å². The monoisotopic (exact) mass is 380 g/mol. The summed E-state index contributed by atoms with van der Waals surface area (Å²) in [5, 5.41) is 4.07. The Bertz CT molecular complexity index is 798. The maximum absolute atomic E-state index is 12.5. The van der Waals surface area contributed by atoms with Crippen molar-refractivity contribution in [2.24, 2.45) is 0 Å². The topological polar surface area (TPSA) is 50.8 Å². The predicted molar refractivity (Wildman–Crippen MR) is 98.6 cm³/mol. The van der Waals surface area contributed by atoms with Crippen molar-refractivity contribution < 1.29 is 14.3 Å². The van der Waals surface area contributed by atoms with Gasteiger partial charge in [0.2, 0.25) is 12.7 Å². The van der Waals surface area contributed by atoms with E-state index in [2.05, 4.69) is 5.32 Å². The molecule has 132 valence electrons. The molecule has 0 fully saturated rings. The van der Waals surface area contributed by atoms with Gasteiger partial charge in [-0.3, -0.25) is 9.69 Å². The van der Waals surface area contributed by atoms with E-state index in [-0.39, 0.29) is 18.7 Å². The van der Waals surface area contributed by atoms with Gasteiger partial charge >= 0.3 is 0 Å². The smallest absolute Gasteiger partial charge is 0.241 e. The average Bonchev–Trinajstić information content (AvgIpc) is 3.04.